The van der Waals surface area contributed by atoms with Gasteiger partial charge in [-0.25, -0.2) is 4.39 Å². The predicted octanol–water partition coefficient (Wildman–Crippen LogP) is 2.18. The molecule has 1 aromatic rings. The van der Waals surface area contributed by atoms with E-state index in [1.54, 1.807) is 12.1 Å². The van der Waals surface area contributed by atoms with E-state index in [1.807, 2.05) is 18.0 Å². The number of hydrogen-bond acceptors (Lipinski definition) is 3. The molecule has 4 nitrogen and oxygen atoms in total. The van der Waals surface area contributed by atoms with Gasteiger partial charge in [0.2, 0.25) is 0 Å². The van der Waals surface area contributed by atoms with Crippen LogP contribution in [0.3, 0.4) is 0 Å². The van der Waals surface area contributed by atoms with Gasteiger partial charge in [0.15, 0.2) is 0 Å². The molecule has 1 aliphatic rings. The smallest absolute Gasteiger partial charge is 0.146 e. The maximum absolute atomic E-state index is 13.6. The molecule has 5 heteroatoms. The molecule has 0 amide bonds. The maximum atomic E-state index is 13.6. The fourth-order valence-corrected chi connectivity index (χ4v) is 2.34. The Morgan fingerprint density at radius 1 is 1.50 bits per heavy atom. The van der Waals surface area contributed by atoms with Crippen LogP contribution in [0.25, 0.3) is 0 Å². The minimum Gasteiger partial charge on any atom is -0.409 e. The third-order valence-corrected chi connectivity index (χ3v) is 3.48. The lowest BCUT2D eigenvalue weighted by molar-refractivity contribution is 0.314. The highest BCUT2D eigenvalue weighted by Gasteiger charge is 2.44. The number of hydrogen-bond donors (Lipinski definition) is 2. The van der Waals surface area contributed by atoms with Crippen molar-refractivity contribution in [1.82, 2.24) is 0 Å². The summed E-state index contributed by atoms with van der Waals surface area (Å²) in [4.78, 5) is 1.90. The van der Waals surface area contributed by atoms with Gasteiger partial charge >= 0.3 is 0 Å². The minimum atomic E-state index is -0.223. The van der Waals surface area contributed by atoms with Gasteiger partial charge < -0.3 is 15.8 Å². The number of benzene rings is 1. The van der Waals surface area contributed by atoms with Gasteiger partial charge in [-0.05, 0) is 30.4 Å². The van der Waals surface area contributed by atoms with Crippen LogP contribution in [0.15, 0.2) is 29.4 Å². The Balaban J connectivity index is 2.04. The zero-order valence-electron chi connectivity index (χ0n) is 10.4. The van der Waals surface area contributed by atoms with Crippen molar-refractivity contribution in [2.24, 2.45) is 16.3 Å². The molecule has 0 spiro atoms. The molecule has 0 aromatic heterocycles. The summed E-state index contributed by atoms with van der Waals surface area (Å²) in [7, 11) is 1.87. The quantitative estimate of drug-likeness (QED) is 0.365. The van der Waals surface area contributed by atoms with Crippen molar-refractivity contribution < 1.29 is 9.60 Å². The first-order chi connectivity index (χ1) is 8.56. The number of nitrogens with zero attached hydrogens (tertiary/aromatic N) is 2. The summed E-state index contributed by atoms with van der Waals surface area (Å²) in [6, 6.07) is 6.71. The lowest BCUT2D eigenvalue weighted by Crippen LogP contribution is -2.30. The lowest BCUT2D eigenvalue weighted by Gasteiger charge is -2.25. The molecule has 18 heavy (non-hydrogen) atoms. The molecule has 0 heterocycles. The summed E-state index contributed by atoms with van der Waals surface area (Å²) in [5.41, 5.74) is 6.17. The van der Waals surface area contributed by atoms with Crippen molar-refractivity contribution in [3.63, 3.8) is 0 Å². The summed E-state index contributed by atoms with van der Waals surface area (Å²) < 4.78 is 13.6. The fourth-order valence-electron chi connectivity index (χ4n) is 2.34. The summed E-state index contributed by atoms with van der Waals surface area (Å²) in [6.07, 6.45) is 2.62. The highest BCUT2D eigenvalue weighted by atomic mass is 19.1. The van der Waals surface area contributed by atoms with Gasteiger partial charge in [-0.2, -0.15) is 0 Å². The second kappa shape index (κ2) is 4.84. The number of oxime groups is 1. The van der Waals surface area contributed by atoms with Crippen LogP contribution in [-0.4, -0.2) is 24.6 Å². The molecule has 98 valence electrons. The third kappa shape index (κ3) is 2.72. The van der Waals surface area contributed by atoms with Gasteiger partial charge in [-0.3, -0.25) is 0 Å². The maximum Gasteiger partial charge on any atom is 0.146 e. The first kappa shape index (κ1) is 12.7. The number of halogens is 1. The van der Waals surface area contributed by atoms with E-state index >= 15 is 0 Å². The van der Waals surface area contributed by atoms with Crippen LogP contribution in [0.5, 0.6) is 0 Å². The Morgan fingerprint density at radius 3 is 2.72 bits per heavy atom. The van der Waals surface area contributed by atoms with Crippen LogP contribution in [0.2, 0.25) is 0 Å². The van der Waals surface area contributed by atoms with Crippen LogP contribution in [-0.2, 0) is 0 Å². The van der Waals surface area contributed by atoms with Crippen LogP contribution >= 0.6 is 0 Å². The number of nitrogens with two attached hydrogens (primary N) is 1. The lowest BCUT2D eigenvalue weighted by atomic mass is 10.0. The SMILES string of the molecule is CN(CC1(CC(N)=NO)CC1)c1ccccc1F. The molecule has 0 aliphatic heterocycles. The van der Waals surface area contributed by atoms with Crippen LogP contribution in [0.4, 0.5) is 10.1 Å². The molecule has 0 saturated heterocycles. The Labute approximate surface area is 106 Å². The Hall–Kier alpha value is -1.78. The normalized spacial score (nSPS) is 17.6. The van der Waals surface area contributed by atoms with Gasteiger partial charge in [0.05, 0.1) is 5.69 Å². The van der Waals surface area contributed by atoms with E-state index in [2.05, 4.69) is 5.16 Å². The molecule has 1 saturated carbocycles. The number of rotatable bonds is 5. The monoisotopic (exact) mass is 251 g/mol. The van der Waals surface area contributed by atoms with Crippen molar-refractivity contribution in [2.45, 2.75) is 19.3 Å². The molecule has 2 rings (SSSR count). The van der Waals surface area contributed by atoms with E-state index in [4.69, 9.17) is 10.9 Å². The zero-order valence-corrected chi connectivity index (χ0v) is 10.4. The first-order valence-corrected chi connectivity index (χ1v) is 5.98. The largest absolute Gasteiger partial charge is 0.409 e. The number of para-hydroxylation sites is 1. The van der Waals surface area contributed by atoms with Gasteiger partial charge in [0.25, 0.3) is 0 Å². The van der Waals surface area contributed by atoms with E-state index in [1.165, 1.54) is 6.07 Å². The minimum absolute atomic E-state index is 0.0351. The van der Waals surface area contributed by atoms with E-state index in [-0.39, 0.29) is 17.1 Å². The molecule has 3 N–H and O–H groups in total. The molecule has 1 aliphatic carbocycles. The van der Waals surface area contributed by atoms with E-state index in [0.717, 1.165) is 12.8 Å². The highest BCUT2D eigenvalue weighted by molar-refractivity contribution is 5.80. The van der Waals surface area contributed by atoms with E-state index in [0.29, 0.717) is 18.7 Å². The number of anilines is 1. The Bertz CT molecular complexity index is 457. The van der Waals surface area contributed by atoms with Crippen molar-refractivity contribution in [1.29, 1.82) is 0 Å². The Kier molecular flexibility index (Phi) is 3.41. The molecule has 0 unspecified atom stereocenters. The molecule has 1 aromatic carbocycles. The standard InChI is InChI=1S/C13H18FN3O/c1-17(11-5-3-2-4-10(11)14)9-13(6-7-13)8-12(15)16-18/h2-5,18H,6-9H2,1H3,(H2,15,16). The highest BCUT2D eigenvalue weighted by Crippen LogP contribution is 2.49. The average molecular weight is 251 g/mol. The fraction of sp³-hybridized carbons (Fsp3) is 0.462. The predicted molar refractivity (Wildman–Crippen MR) is 69.4 cm³/mol. The molecule has 0 bridgehead atoms. The second-order valence-corrected chi connectivity index (χ2v) is 5.08. The molecule has 1 fully saturated rings. The van der Waals surface area contributed by atoms with Gasteiger partial charge in [0, 0.05) is 20.0 Å². The van der Waals surface area contributed by atoms with Gasteiger partial charge in [-0.1, -0.05) is 17.3 Å². The van der Waals surface area contributed by atoms with Crippen molar-refractivity contribution in [3.05, 3.63) is 30.1 Å². The van der Waals surface area contributed by atoms with E-state index in [9.17, 15) is 4.39 Å². The molecule has 0 radical (unpaired) electrons. The molecular weight excluding hydrogens is 233 g/mol. The van der Waals surface area contributed by atoms with Gasteiger partial charge in [0.1, 0.15) is 11.7 Å². The third-order valence-electron chi connectivity index (χ3n) is 3.48. The second-order valence-electron chi connectivity index (χ2n) is 5.08. The summed E-state index contributed by atoms with van der Waals surface area (Å²) in [5, 5.41) is 11.6. The van der Waals surface area contributed by atoms with Gasteiger partial charge in [-0.15, -0.1) is 0 Å². The number of amidine groups is 1. The molecule has 0 atom stereocenters. The van der Waals surface area contributed by atoms with Crippen LogP contribution in [0, 0.1) is 11.2 Å². The summed E-state index contributed by atoms with van der Waals surface area (Å²) >= 11 is 0. The van der Waals surface area contributed by atoms with Crippen molar-refractivity contribution >= 4 is 11.5 Å². The van der Waals surface area contributed by atoms with Crippen molar-refractivity contribution in [2.75, 3.05) is 18.5 Å². The summed E-state index contributed by atoms with van der Waals surface area (Å²) in [5.74, 6) is 0.0223. The van der Waals surface area contributed by atoms with Crippen LogP contribution in [0.1, 0.15) is 19.3 Å². The average Bonchev–Trinajstić information content (AvgIpc) is 3.08. The first-order valence-electron chi connectivity index (χ1n) is 5.98. The molecular formula is C13H18FN3O. The van der Waals surface area contributed by atoms with Crippen LogP contribution < -0.4 is 10.6 Å². The summed E-state index contributed by atoms with van der Waals surface area (Å²) in [6.45, 7) is 0.712. The van der Waals surface area contributed by atoms with E-state index < -0.39 is 0 Å². The zero-order chi connectivity index (χ0) is 13.2. The topological polar surface area (TPSA) is 61.8 Å². The van der Waals surface area contributed by atoms with Crippen molar-refractivity contribution in [3.8, 4) is 0 Å². The Morgan fingerprint density at radius 2 is 2.17 bits per heavy atom.